The number of rotatable bonds is 13. The molecule has 6 atom stereocenters. The lowest BCUT2D eigenvalue weighted by atomic mass is 9.85. The number of amides is 4. The molecule has 2 aliphatic carbocycles. The number of alkyl carbamates (subject to hydrolysis) is 1. The van der Waals surface area contributed by atoms with E-state index < -0.39 is 72.1 Å². The summed E-state index contributed by atoms with van der Waals surface area (Å²) in [5, 5.41) is 4.66. The number of carbonyl (C=O) groups is 4. The first kappa shape index (κ1) is 41.7. The van der Waals surface area contributed by atoms with Crippen molar-refractivity contribution in [1.82, 2.24) is 25.4 Å². The van der Waals surface area contributed by atoms with E-state index >= 15 is 0 Å². The largest absolute Gasteiger partial charge is 0.497 e. The number of nitrogens with one attached hydrogen (secondary N) is 2. The van der Waals surface area contributed by atoms with E-state index in [1.54, 1.807) is 19.2 Å². The first-order valence-electron chi connectivity index (χ1n) is 19.4. The number of likely N-dealkylation sites (tertiary alicyclic amines) is 1. The zero-order valence-electron chi connectivity index (χ0n) is 33.5. The fraction of sp³-hybridized carbons (Fsp3) is 0.500. The topological polar surface area (TPSA) is 177 Å². The lowest BCUT2D eigenvalue weighted by molar-refractivity contribution is -0.142. The molecule has 3 aromatic rings. The molecular weight excluding hydrogens is 749 g/mol. The SMILES string of the molecule is C=C[C@@H]1C[C@]1(NC(=O)[C@@H]1C[C@@H](Oc2cc(-c3ccccc3)nc3cc(OC)ccc23)CN1C(=O)[C@@H](NC(=O)OC1CCCC1)C(C)(C)C)P(=O)(O)CC(=O)N(C)C. The van der Waals surface area contributed by atoms with E-state index in [4.69, 9.17) is 19.2 Å². The summed E-state index contributed by atoms with van der Waals surface area (Å²) in [7, 11) is 0.205. The van der Waals surface area contributed by atoms with Gasteiger partial charge in [-0.05, 0) is 49.7 Å². The molecule has 0 spiro atoms. The Bertz CT molecular complexity index is 2070. The molecule has 3 N–H and O–H groups in total. The molecule has 57 heavy (non-hydrogen) atoms. The second-order valence-corrected chi connectivity index (χ2v) is 19.1. The van der Waals surface area contributed by atoms with Crippen LogP contribution >= 0.6 is 7.37 Å². The van der Waals surface area contributed by atoms with Gasteiger partial charge in [-0.15, -0.1) is 6.58 Å². The number of methoxy groups -OCH3 is 1. The van der Waals surface area contributed by atoms with Crippen LogP contribution in [0.4, 0.5) is 4.79 Å². The molecule has 0 bridgehead atoms. The van der Waals surface area contributed by atoms with Crippen LogP contribution in [0.2, 0.25) is 0 Å². The molecule has 4 amide bonds. The van der Waals surface area contributed by atoms with Crippen LogP contribution in [0.5, 0.6) is 11.5 Å². The average molecular weight is 804 g/mol. The molecule has 6 rings (SSSR count). The molecule has 3 aliphatic rings. The third-order valence-electron chi connectivity index (χ3n) is 11.2. The zero-order valence-corrected chi connectivity index (χ0v) is 34.4. The maximum atomic E-state index is 14.7. The fourth-order valence-corrected chi connectivity index (χ4v) is 10.1. The van der Waals surface area contributed by atoms with Crippen LogP contribution in [0, 0.1) is 11.3 Å². The third kappa shape index (κ3) is 8.97. The Hall–Kier alpha value is -4.94. The van der Waals surface area contributed by atoms with Crippen LogP contribution in [0.15, 0.2) is 67.3 Å². The smallest absolute Gasteiger partial charge is 0.408 e. The lowest BCUT2D eigenvalue weighted by Crippen LogP contribution is -2.58. The molecule has 1 aliphatic heterocycles. The molecule has 15 heteroatoms. The quantitative estimate of drug-likeness (QED) is 0.143. The van der Waals surface area contributed by atoms with Gasteiger partial charge in [0.05, 0.1) is 24.9 Å². The molecule has 0 radical (unpaired) electrons. The van der Waals surface area contributed by atoms with Crippen molar-refractivity contribution >= 4 is 42.1 Å². The predicted molar refractivity (Wildman–Crippen MR) is 216 cm³/mol. The highest BCUT2D eigenvalue weighted by Crippen LogP contribution is 2.69. The Labute approximate surface area is 333 Å². The number of pyridine rings is 1. The minimum atomic E-state index is -4.34. The molecule has 306 valence electrons. The van der Waals surface area contributed by atoms with Crippen molar-refractivity contribution in [2.45, 2.75) is 88.9 Å². The standard InChI is InChI=1S/C42H54N5O9P/c1-8-27-23-42(27,57(52,53)25-36(48)46(5)6)45-38(49)34-21-30(24-47(34)39(50)37(41(2,3)4)44-40(51)56-28-16-12-13-17-28)55-35-22-32(26-14-10-9-11-15-26)43-33-20-29(54-7)18-19-31(33)35/h8-11,14-15,18-20,22,27-28,30,34,37H,1,12-13,16-17,21,23-25H2,2-7H3,(H,44,51)(H,45,49)(H,52,53)/t27-,30-,34+,37-,42+/m1/s1. The van der Waals surface area contributed by atoms with Gasteiger partial charge in [0.15, 0.2) is 0 Å². The van der Waals surface area contributed by atoms with Gasteiger partial charge in [-0.25, -0.2) is 9.78 Å². The van der Waals surface area contributed by atoms with Crippen molar-refractivity contribution < 1.29 is 42.8 Å². The highest BCUT2D eigenvalue weighted by atomic mass is 31.2. The summed E-state index contributed by atoms with van der Waals surface area (Å²) >= 11 is 0. The van der Waals surface area contributed by atoms with Gasteiger partial charge in [0.1, 0.15) is 47.2 Å². The third-order valence-corrected chi connectivity index (χ3v) is 13.8. The van der Waals surface area contributed by atoms with Gasteiger partial charge in [0, 0.05) is 49.5 Å². The summed E-state index contributed by atoms with van der Waals surface area (Å²) < 4.78 is 31.8. The van der Waals surface area contributed by atoms with Crippen LogP contribution < -0.4 is 20.1 Å². The monoisotopic (exact) mass is 803 g/mol. The highest BCUT2D eigenvalue weighted by Gasteiger charge is 2.66. The van der Waals surface area contributed by atoms with Crippen molar-refractivity contribution in [2.24, 2.45) is 11.3 Å². The Kier molecular flexibility index (Phi) is 12.1. The number of carbonyl (C=O) groups excluding carboxylic acids is 4. The van der Waals surface area contributed by atoms with Crippen LogP contribution in [0.25, 0.3) is 22.2 Å². The Morgan fingerprint density at radius 3 is 2.40 bits per heavy atom. The number of benzene rings is 2. The van der Waals surface area contributed by atoms with Crippen LogP contribution in [0.3, 0.4) is 0 Å². The van der Waals surface area contributed by atoms with Crippen LogP contribution in [-0.4, -0.2) is 107 Å². The number of hydrogen-bond donors (Lipinski definition) is 3. The average Bonchev–Trinajstić information content (AvgIpc) is 3.43. The first-order valence-corrected chi connectivity index (χ1v) is 21.3. The van der Waals surface area contributed by atoms with E-state index in [0.29, 0.717) is 28.1 Å². The number of aromatic nitrogens is 1. The van der Waals surface area contributed by atoms with Crippen molar-refractivity contribution in [3.63, 3.8) is 0 Å². The van der Waals surface area contributed by atoms with Gasteiger partial charge in [0.25, 0.3) is 0 Å². The van der Waals surface area contributed by atoms with Crippen LogP contribution in [0.1, 0.15) is 59.3 Å². The van der Waals surface area contributed by atoms with Gasteiger partial charge in [-0.1, -0.05) is 57.2 Å². The number of nitrogens with zero attached hydrogens (tertiary/aromatic N) is 3. The van der Waals surface area contributed by atoms with Crippen molar-refractivity contribution in [3.8, 4) is 22.8 Å². The highest BCUT2D eigenvalue weighted by molar-refractivity contribution is 7.61. The summed E-state index contributed by atoms with van der Waals surface area (Å²) in [5.74, 6) is -1.27. The Balaban J connectivity index is 1.35. The molecule has 2 saturated carbocycles. The van der Waals surface area contributed by atoms with Gasteiger partial charge in [0.2, 0.25) is 25.1 Å². The van der Waals surface area contributed by atoms with Crippen molar-refractivity contribution in [2.75, 3.05) is 33.9 Å². The van der Waals surface area contributed by atoms with Crippen molar-refractivity contribution in [3.05, 3.63) is 67.3 Å². The summed E-state index contributed by atoms with van der Waals surface area (Å²) in [5.41, 5.74) is 1.29. The molecular formula is C42H54N5O9P. The normalized spacial score (nSPS) is 23.6. The molecule has 1 saturated heterocycles. The maximum Gasteiger partial charge on any atom is 0.408 e. The predicted octanol–water partition coefficient (Wildman–Crippen LogP) is 5.72. The van der Waals surface area contributed by atoms with E-state index in [9.17, 15) is 28.6 Å². The van der Waals surface area contributed by atoms with Gasteiger partial charge < -0.3 is 39.5 Å². The number of fused-ring (bicyclic) bond motifs is 1. The maximum absolute atomic E-state index is 14.7. The Morgan fingerprint density at radius 1 is 1.09 bits per heavy atom. The molecule has 14 nitrogen and oxygen atoms in total. The second-order valence-electron chi connectivity index (χ2n) is 16.6. The summed E-state index contributed by atoms with van der Waals surface area (Å²) in [6, 6.07) is 14.6. The molecule has 2 aromatic carbocycles. The van der Waals surface area contributed by atoms with E-state index in [1.807, 2.05) is 63.2 Å². The van der Waals surface area contributed by atoms with Gasteiger partial charge in [-0.3, -0.25) is 18.9 Å². The van der Waals surface area contributed by atoms with E-state index in [-0.39, 0.29) is 25.5 Å². The minimum Gasteiger partial charge on any atom is -0.497 e. The number of hydrogen-bond acceptors (Lipinski definition) is 9. The molecule has 1 aromatic heterocycles. The lowest BCUT2D eigenvalue weighted by Gasteiger charge is -2.36. The summed E-state index contributed by atoms with van der Waals surface area (Å²) in [6.07, 6.45) is 2.67. The fourth-order valence-electron chi connectivity index (χ4n) is 7.79. The molecule has 1 unspecified atom stereocenters. The number of ether oxygens (including phenoxy) is 3. The molecule has 3 fully saturated rings. The summed E-state index contributed by atoms with van der Waals surface area (Å²) in [4.78, 5) is 74.0. The van der Waals surface area contributed by atoms with Crippen LogP contribution in [-0.2, 0) is 23.7 Å². The van der Waals surface area contributed by atoms with E-state index in [1.165, 1.54) is 30.0 Å². The van der Waals surface area contributed by atoms with E-state index in [0.717, 1.165) is 31.2 Å². The minimum absolute atomic E-state index is 0.0167. The molecule has 2 heterocycles. The first-order chi connectivity index (χ1) is 27.0. The summed E-state index contributed by atoms with van der Waals surface area (Å²) in [6.45, 7) is 9.19. The zero-order chi connectivity index (χ0) is 41.3. The van der Waals surface area contributed by atoms with Gasteiger partial charge in [-0.2, -0.15) is 0 Å². The van der Waals surface area contributed by atoms with Gasteiger partial charge >= 0.3 is 6.09 Å². The second kappa shape index (κ2) is 16.5. The Morgan fingerprint density at radius 2 is 1.79 bits per heavy atom. The van der Waals surface area contributed by atoms with E-state index in [2.05, 4.69) is 17.2 Å². The van der Waals surface area contributed by atoms with Crippen molar-refractivity contribution in [1.29, 1.82) is 0 Å².